The van der Waals surface area contributed by atoms with Crippen LogP contribution in [0.15, 0.2) is 29.5 Å². The Kier molecular flexibility index (Phi) is 10.4. The Balaban J connectivity index is 0.00000400. The van der Waals surface area contributed by atoms with Gasteiger partial charge in [0.2, 0.25) is 10.0 Å². The zero-order valence-electron chi connectivity index (χ0n) is 12.4. The number of sulfonamides is 1. The van der Waals surface area contributed by atoms with Crippen LogP contribution in [-0.2, 0) is 16.6 Å². The molecule has 21 heavy (non-hydrogen) atoms. The summed E-state index contributed by atoms with van der Waals surface area (Å²) >= 11 is 0. The largest absolute Gasteiger partial charge is 0.355 e. The fourth-order valence-corrected chi connectivity index (χ4v) is 2.15. The van der Waals surface area contributed by atoms with E-state index in [1.807, 2.05) is 24.5 Å². The van der Waals surface area contributed by atoms with Crippen molar-refractivity contribution in [1.29, 1.82) is 0 Å². The normalized spacial score (nSPS) is 11.8. The number of hydrogen-bond acceptors (Lipinski definition) is 3. The summed E-state index contributed by atoms with van der Waals surface area (Å²) in [7, 11) is -1.44. The number of rotatable bonds is 8. The lowest BCUT2D eigenvalue weighted by molar-refractivity contribution is 0.581. The maximum absolute atomic E-state index is 11.2. The molecule has 0 amide bonds. The van der Waals surface area contributed by atoms with Crippen LogP contribution in [0, 0.1) is 0 Å². The van der Waals surface area contributed by atoms with Gasteiger partial charge in [-0.3, -0.25) is 4.99 Å². The zero-order valence-corrected chi connectivity index (χ0v) is 15.5. The van der Waals surface area contributed by atoms with Crippen molar-refractivity contribution in [1.82, 2.24) is 19.9 Å². The molecule has 0 atom stereocenters. The number of aromatic nitrogens is 1. The maximum atomic E-state index is 11.2. The van der Waals surface area contributed by atoms with Gasteiger partial charge in [-0.15, -0.1) is 24.0 Å². The van der Waals surface area contributed by atoms with Crippen molar-refractivity contribution in [2.75, 3.05) is 32.4 Å². The first-order valence-electron chi connectivity index (χ1n) is 6.60. The van der Waals surface area contributed by atoms with E-state index in [9.17, 15) is 8.42 Å². The van der Waals surface area contributed by atoms with Gasteiger partial charge in [0, 0.05) is 45.6 Å². The molecule has 0 fully saturated rings. The molecular formula is C12H24IN5O2S. The summed E-state index contributed by atoms with van der Waals surface area (Å²) in [6, 6.07) is 3.96. The van der Waals surface area contributed by atoms with Crippen LogP contribution < -0.4 is 15.4 Å². The monoisotopic (exact) mass is 429 g/mol. The maximum Gasteiger partial charge on any atom is 0.211 e. The fraction of sp³-hybridized carbons (Fsp3) is 0.583. The molecule has 0 aliphatic heterocycles. The Hall–Kier alpha value is -0.810. The van der Waals surface area contributed by atoms with Gasteiger partial charge in [-0.05, 0) is 19.1 Å². The predicted octanol–water partition coefficient (Wildman–Crippen LogP) is 0.210. The topological polar surface area (TPSA) is 87.5 Å². The lowest BCUT2D eigenvalue weighted by Gasteiger charge is -2.12. The molecule has 0 saturated carbocycles. The first-order valence-corrected chi connectivity index (χ1v) is 8.25. The Morgan fingerprint density at radius 2 is 1.76 bits per heavy atom. The van der Waals surface area contributed by atoms with Crippen LogP contribution >= 0.6 is 24.0 Å². The molecule has 0 radical (unpaired) electrons. The first kappa shape index (κ1) is 20.2. The first-order chi connectivity index (χ1) is 9.57. The molecule has 0 aliphatic carbocycles. The molecular weight excluding hydrogens is 405 g/mol. The number of halogens is 1. The number of nitrogens with zero attached hydrogens (tertiary/aromatic N) is 2. The molecule has 1 aromatic heterocycles. The molecule has 0 saturated heterocycles. The summed E-state index contributed by atoms with van der Waals surface area (Å²) in [6.07, 6.45) is 3.99. The van der Waals surface area contributed by atoms with Crippen molar-refractivity contribution in [3.63, 3.8) is 0 Å². The van der Waals surface area contributed by atoms with Crippen molar-refractivity contribution >= 4 is 40.0 Å². The Bertz CT molecular complexity index is 502. The standard InChI is InChI=1S/C12H23N5O2S.HI/c1-3-20(18,19)16-7-6-14-12(13-2)15-8-11-17-9-4-5-10-17;/h4-5,9-10,16H,3,6-8,11H2,1-2H3,(H2,13,14,15);1H. The summed E-state index contributed by atoms with van der Waals surface area (Å²) in [5.41, 5.74) is 0. The molecule has 0 unspecified atom stereocenters. The summed E-state index contributed by atoms with van der Waals surface area (Å²) in [5.74, 6) is 0.754. The third kappa shape index (κ3) is 8.94. The minimum atomic E-state index is -3.12. The van der Waals surface area contributed by atoms with Crippen LogP contribution in [0.25, 0.3) is 0 Å². The summed E-state index contributed by atoms with van der Waals surface area (Å²) in [4.78, 5) is 4.07. The Morgan fingerprint density at radius 1 is 1.14 bits per heavy atom. The van der Waals surface area contributed by atoms with Crippen LogP contribution in [0.2, 0.25) is 0 Å². The second kappa shape index (κ2) is 10.9. The smallest absolute Gasteiger partial charge is 0.211 e. The highest BCUT2D eigenvalue weighted by Crippen LogP contribution is 1.87. The van der Waals surface area contributed by atoms with Gasteiger partial charge < -0.3 is 15.2 Å². The molecule has 3 N–H and O–H groups in total. The van der Waals surface area contributed by atoms with E-state index in [1.54, 1.807) is 14.0 Å². The predicted molar refractivity (Wildman–Crippen MR) is 96.7 cm³/mol. The van der Waals surface area contributed by atoms with Gasteiger partial charge in [0.15, 0.2) is 5.96 Å². The number of aliphatic imine (C=N–C) groups is 1. The molecule has 0 bridgehead atoms. The summed E-state index contributed by atoms with van der Waals surface area (Å²) < 4.78 is 27.0. The Labute approximate surface area is 143 Å². The van der Waals surface area contributed by atoms with E-state index >= 15 is 0 Å². The van der Waals surface area contributed by atoms with E-state index < -0.39 is 10.0 Å². The highest BCUT2D eigenvalue weighted by molar-refractivity contribution is 14.0. The molecule has 7 nitrogen and oxygen atoms in total. The van der Waals surface area contributed by atoms with Crippen LogP contribution in [0.3, 0.4) is 0 Å². The van der Waals surface area contributed by atoms with E-state index in [0.29, 0.717) is 19.0 Å². The minimum absolute atomic E-state index is 0. The van der Waals surface area contributed by atoms with Crippen molar-refractivity contribution in [2.45, 2.75) is 13.5 Å². The second-order valence-electron chi connectivity index (χ2n) is 4.14. The lowest BCUT2D eigenvalue weighted by Crippen LogP contribution is -2.42. The van der Waals surface area contributed by atoms with Crippen molar-refractivity contribution in [2.24, 2.45) is 4.99 Å². The van der Waals surface area contributed by atoms with E-state index in [2.05, 4.69) is 24.9 Å². The molecule has 122 valence electrons. The zero-order chi connectivity index (χ0) is 14.8. The molecule has 1 aromatic rings. The third-order valence-electron chi connectivity index (χ3n) is 2.67. The van der Waals surface area contributed by atoms with Gasteiger partial charge in [-0.2, -0.15) is 0 Å². The van der Waals surface area contributed by atoms with Gasteiger partial charge in [-0.25, -0.2) is 13.1 Å². The van der Waals surface area contributed by atoms with E-state index in [4.69, 9.17) is 0 Å². The molecule has 9 heteroatoms. The quantitative estimate of drug-likeness (QED) is 0.239. The summed E-state index contributed by atoms with van der Waals surface area (Å²) in [5, 5.41) is 6.21. The van der Waals surface area contributed by atoms with Crippen molar-refractivity contribution in [3.05, 3.63) is 24.5 Å². The van der Waals surface area contributed by atoms with Gasteiger partial charge in [0.25, 0.3) is 0 Å². The molecule has 0 aliphatic rings. The number of hydrogen-bond donors (Lipinski definition) is 3. The number of guanidine groups is 1. The van der Waals surface area contributed by atoms with E-state index in [0.717, 1.165) is 13.1 Å². The van der Waals surface area contributed by atoms with Crippen LogP contribution in [-0.4, -0.2) is 51.4 Å². The SMILES string of the molecule is CCS(=O)(=O)NCCNC(=NC)NCCn1cccc1.I. The van der Waals surface area contributed by atoms with Crippen LogP contribution in [0.1, 0.15) is 6.92 Å². The van der Waals surface area contributed by atoms with Crippen molar-refractivity contribution < 1.29 is 8.42 Å². The van der Waals surface area contributed by atoms with E-state index in [-0.39, 0.29) is 29.7 Å². The molecule has 0 spiro atoms. The second-order valence-corrected chi connectivity index (χ2v) is 6.24. The fourth-order valence-electron chi connectivity index (χ4n) is 1.53. The van der Waals surface area contributed by atoms with Crippen molar-refractivity contribution in [3.8, 4) is 0 Å². The Morgan fingerprint density at radius 3 is 2.33 bits per heavy atom. The molecule has 0 aromatic carbocycles. The highest BCUT2D eigenvalue weighted by atomic mass is 127. The molecule has 1 rings (SSSR count). The van der Waals surface area contributed by atoms with Gasteiger partial charge in [0.1, 0.15) is 0 Å². The average Bonchev–Trinajstić information content (AvgIpc) is 2.94. The summed E-state index contributed by atoms with van der Waals surface area (Å²) in [6.45, 7) is 4.03. The van der Waals surface area contributed by atoms with Gasteiger partial charge in [0.05, 0.1) is 5.75 Å². The average molecular weight is 429 g/mol. The lowest BCUT2D eigenvalue weighted by atomic mass is 10.6. The minimum Gasteiger partial charge on any atom is -0.355 e. The van der Waals surface area contributed by atoms with Gasteiger partial charge >= 0.3 is 0 Å². The number of nitrogens with one attached hydrogen (secondary N) is 3. The third-order valence-corrected chi connectivity index (χ3v) is 4.08. The highest BCUT2D eigenvalue weighted by Gasteiger charge is 2.04. The van der Waals surface area contributed by atoms with E-state index in [1.165, 1.54) is 0 Å². The van der Waals surface area contributed by atoms with Crippen LogP contribution in [0.4, 0.5) is 0 Å². The van der Waals surface area contributed by atoms with Crippen LogP contribution in [0.5, 0.6) is 0 Å². The molecule has 1 heterocycles. The van der Waals surface area contributed by atoms with Gasteiger partial charge in [-0.1, -0.05) is 0 Å².